The quantitative estimate of drug-likeness (QED) is 0.859. The summed E-state index contributed by atoms with van der Waals surface area (Å²) in [6.45, 7) is 0.364. The van der Waals surface area contributed by atoms with Gasteiger partial charge in [-0.2, -0.15) is 0 Å². The van der Waals surface area contributed by atoms with Gasteiger partial charge in [0.2, 0.25) is 5.91 Å². The molecule has 0 saturated carbocycles. The van der Waals surface area contributed by atoms with Gasteiger partial charge in [0.25, 0.3) is 5.91 Å². The zero-order chi connectivity index (χ0) is 17.8. The summed E-state index contributed by atoms with van der Waals surface area (Å²) < 4.78 is 10.7. The van der Waals surface area contributed by atoms with Crippen LogP contribution in [0.1, 0.15) is 12.0 Å². The molecule has 1 aliphatic rings. The fourth-order valence-corrected chi connectivity index (χ4v) is 2.61. The Labute approximate surface area is 150 Å². The predicted octanol–water partition coefficient (Wildman–Crippen LogP) is 2.75. The first-order valence-corrected chi connectivity index (χ1v) is 8.09. The van der Waals surface area contributed by atoms with E-state index in [-0.39, 0.29) is 18.2 Å². The zero-order valence-corrected chi connectivity index (χ0v) is 14.3. The molecule has 1 heterocycles. The van der Waals surface area contributed by atoms with Crippen molar-refractivity contribution < 1.29 is 19.1 Å². The Morgan fingerprint density at radius 3 is 2.76 bits per heavy atom. The van der Waals surface area contributed by atoms with Gasteiger partial charge in [-0.3, -0.25) is 9.59 Å². The van der Waals surface area contributed by atoms with Crippen LogP contribution in [0.5, 0.6) is 11.5 Å². The van der Waals surface area contributed by atoms with Crippen LogP contribution in [0, 0.1) is 0 Å². The van der Waals surface area contributed by atoms with Crippen LogP contribution < -0.4 is 20.1 Å². The number of carbonyl (C=O) groups excluding carboxylic acids is 2. The molecule has 2 N–H and O–H groups in total. The molecule has 2 amide bonds. The first kappa shape index (κ1) is 17.1. The molecule has 2 aromatic rings. The van der Waals surface area contributed by atoms with Gasteiger partial charge in [0, 0.05) is 11.6 Å². The Kier molecular flexibility index (Phi) is 5.09. The van der Waals surface area contributed by atoms with E-state index in [2.05, 4.69) is 10.6 Å². The Hall–Kier alpha value is -2.73. The highest BCUT2D eigenvalue weighted by atomic mass is 35.5. The molecule has 130 valence electrons. The van der Waals surface area contributed by atoms with Crippen LogP contribution in [0.4, 0.5) is 5.69 Å². The molecule has 0 unspecified atom stereocenters. The Bertz CT molecular complexity index is 792. The van der Waals surface area contributed by atoms with E-state index >= 15 is 0 Å². The Morgan fingerprint density at radius 1 is 1.28 bits per heavy atom. The summed E-state index contributed by atoms with van der Waals surface area (Å²) in [4.78, 5) is 24.2. The monoisotopic (exact) mass is 360 g/mol. The molecule has 25 heavy (non-hydrogen) atoms. The van der Waals surface area contributed by atoms with Crippen molar-refractivity contribution in [2.75, 3.05) is 12.4 Å². The maximum atomic E-state index is 12.1. The van der Waals surface area contributed by atoms with Gasteiger partial charge < -0.3 is 20.1 Å². The zero-order valence-electron chi connectivity index (χ0n) is 13.5. The third kappa shape index (κ3) is 4.22. The lowest BCUT2D eigenvalue weighted by molar-refractivity contribution is -0.130. The summed E-state index contributed by atoms with van der Waals surface area (Å²) in [6, 6.07) is 12.3. The number of halogens is 1. The number of amides is 2. The average molecular weight is 361 g/mol. The van der Waals surface area contributed by atoms with E-state index in [0.717, 1.165) is 11.3 Å². The molecule has 6 nitrogen and oxygen atoms in total. The highest BCUT2D eigenvalue weighted by Gasteiger charge is 2.29. The van der Waals surface area contributed by atoms with Crippen LogP contribution in [0.25, 0.3) is 0 Å². The summed E-state index contributed by atoms with van der Waals surface area (Å²) in [6.07, 6.45) is -0.936. The van der Waals surface area contributed by atoms with Crippen molar-refractivity contribution in [3.05, 3.63) is 53.1 Å². The van der Waals surface area contributed by atoms with Gasteiger partial charge in [0.1, 0.15) is 11.5 Å². The SMILES string of the molecule is COc1ccc(CNC(=O)C[C@@H]2Oc3ccc(Cl)cc3NC2=O)cc1. The molecule has 0 fully saturated rings. The summed E-state index contributed by atoms with van der Waals surface area (Å²) >= 11 is 5.88. The Morgan fingerprint density at radius 2 is 2.04 bits per heavy atom. The second-order valence-electron chi connectivity index (χ2n) is 5.57. The van der Waals surface area contributed by atoms with Crippen LogP contribution in [0.15, 0.2) is 42.5 Å². The van der Waals surface area contributed by atoms with Crippen LogP contribution in [0.3, 0.4) is 0 Å². The first-order valence-electron chi connectivity index (χ1n) is 7.72. The molecular formula is C18H17ClN2O4. The van der Waals surface area contributed by atoms with Crippen molar-refractivity contribution >= 4 is 29.1 Å². The van der Waals surface area contributed by atoms with Crippen LogP contribution in [-0.4, -0.2) is 25.0 Å². The molecule has 0 saturated heterocycles. The number of methoxy groups -OCH3 is 1. The summed E-state index contributed by atoms with van der Waals surface area (Å²) in [7, 11) is 1.60. The molecule has 0 radical (unpaired) electrons. The lowest BCUT2D eigenvalue weighted by Crippen LogP contribution is -2.40. The maximum absolute atomic E-state index is 12.1. The van der Waals surface area contributed by atoms with E-state index in [9.17, 15) is 9.59 Å². The normalized spacial score (nSPS) is 15.6. The average Bonchev–Trinajstić information content (AvgIpc) is 2.61. The van der Waals surface area contributed by atoms with Gasteiger partial charge in [0.05, 0.1) is 19.2 Å². The van der Waals surface area contributed by atoms with Crippen molar-refractivity contribution in [1.29, 1.82) is 0 Å². The summed E-state index contributed by atoms with van der Waals surface area (Å²) in [5.41, 5.74) is 1.44. The molecule has 1 aliphatic heterocycles. The minimum Gasteiger partial charge on any atom is -0.497 e. The fraction of sp³-hybridized carbons (Fsp3) is 0.222. The van der Waals surface area contributed by atoms with Crippen molar-refractivity contribution in [3.63, 3.8) is 0 Å². The van der Waals surface area contributed by atoms with Crippen molar-refractivity contribution in [2.24, 2.45) is 0 Å². The van der Waals surface area contributed by atoms with Crippen LogP contribution in [-0.2, 0) is 16.1 Å². The van der Waals surface area contributed by atoms with E-state index in [1.807, 2.05) is 24.3 Å². The topological polar surface area (TPSA) is 76.7 Å². The van der Waals surface area contributed by atoms with Gasteiger partial charge in [-0.15, -0.1) is 0 Å². The molecule has 0 aliphatic carbocycles. The van der Waals surface area contributed by atoms with E-state index in [1.165, 1.54) is 0 Å². The predicted molar refractivity (Wildman–Crippen MR) is 94.0 cm³/mol. The van der Waals surface area contributed by atoms with Gasteiger partial charge in [-0.05, 0) is 35.9 Å². The second kappa shape index (κ2) is 7.44. The van der Waals surface area contributed by atoms with Gasteiger partial charge in [-0.1, -0.05) is 23.7 Å². The lowest BCUT2D eigenvalue weighted by atomic mass is 10.1. The van der Waals surface area contributed by atoms with Gasteiger partial charge in [-0.25, -0.2) is 0 Å². The van der Waals surface area contributed by atoms with Crippen LogP contribution in [0.2, 0.25) is 5.02 Å². The molecule has 0 spiro atoms. The van der Waals surface area contributed by atoms with Crippen LogP contribution >= 0.6 is 11.6 Å². The minimum absolute atomic E-state index is 0.0654. The fourth-order valence-electron chi connectivity index (χ4n) is 2.44. The molecule has 7 heteroatoms. The van der Waals surface area contributed by atoms with Crippen molar-refractivity contribution in [2.45, 2.75) is 19.1 Å². The molecule has 0 bridgehead atoms. The molecule has 3 rings (SSSR count). The number of hydrogen-bond acceptors (Lipinski definition) is 4. The third-order valence-electron chi connectivity index (χ3n) is 3.78. The number of hydrogen-bond donors (Lipinski definition) is 2. The highest BCUT2D eigenvalue weighted by molar-refractivity contribution is 6.31. The van der Waals surface area contributed by atoms with Crippen molar-refractivity contribution in [3.8, 4) is 11.5 Å². The largest absolute Gasteiger partial charge is 0.497 e. The van der Waals surface area contributed by atoms with Gasteiger partial charge in [0.15, 0.2) is 6.10 Å². The number of carbonyl (C=O) groups is 2. The number of anilines is 1. The molecule has 1 atom stereocenters. The Balaban J connectivity index is 1.55. The summed E-state index contributed by atoms with van der Waals surface area (Å²) in [5, 5.41) is 5.98. The van der Waals surface area contributed by atoms with Gasteiger partial charge >= 0.3 is 0 Å². The first-order chi connectivity index (χ1) is 12.0. The lowest BCUT2D eigenvalue weighted by Gasteiger charge is -2.25. The molecule has 0 aromatic heterocycles. The second-order valence-corrected chi connectivity index (χ2v) is 6.00. The summed E-state index contributed by atoms with van der Waals surface area (Å²) in [5.74, 6) is 0.612. The number of rotatable bonds is 5. The smallest absolute Gasteiger partial charge is 0.266 e. The standard InChI is InChI=1S/C18H17ClN2O4/c1-24-13-5-2-11(3-6-13)10-20-17(22)9-16-18(23)21-14-8-12(19)4-7-15(14)25-16/h2-8,16H,9-10H2,1H3,(H,20,22)(H,21,23)/t16-/m0/s1. The number of nitrogens with one attached hydrogen (secondary N) is 2. The van der Waals surface area contributed by atoms with E-state index in [0.29, 0.717) is 23.0 Å². The van der Waals surface area contributed by atoms with E-state index in [4.69, 9.17) is 21.1 Å². The number of fused-ring (bicyclic) bond motifs is 1. The number of benzene rings is 2. The maximum Gasteiger partial charge on any atom is 0.266 e. The molecular weight excluding hydrogens is 344 g/mol. The third-order valence-corrected chi connectivity index (χ3v) is 4.02. The molecule has 2 aromatic carbocycles. The van der Waals surface area contributed by atoms with E-state index in [1.54, 1.807) is 25.3 Å². The highest BCUT2D eigenvalue weighted by Crippen LogP contribution is 2.32. The van der Waals surface area contributed by atoms with E-state index < -0.39 is 6.10 Å². The number of ether oxygens (including phenoxy) is 2. The minimum atomic E-state index is -0.871. The van der Waals surface area contributed by atoms with Crippen molar-refractivity contribution in [1.82, 2.24) is 5.32 Å².